The van der Waals surface area contributed by atoms with Crippen LogP contribution in [0.5, 0.6) is 0 Å². The van der Waals surface area contributed by atoms with Gasteiger partial charge >= 0.3 is 0 Å². The first-order chi connectivity index (χ1) is 9.49. The van der Waals surface area contributed by atoms with Gasteiger partial charge in [0.25, 0.3) is 0 Å². The molecule has 1 atom stereocenters. The predicted molar refractivity (Wildman–Crippen MR) is 75.4 cm³/mol. The number of nitrogens with one attached hydrogen (secondary N) is 1. The molecule has 0 heterocycles. The maximum Gasteiger partial charge on any atom is 0.225 e. The highest BCUT2D eigenvalue weighted by Crippen LogP contribution is 2.19. The van der Waals surface area contributed by atoms with Gasteiger partial charge in [0.15, 0.2) is 5.84 Å². The number of carbonyl (C=O) groups excluding carboxylic acids is 1. The molecule has 110 valence electrons. The summed E-state index contributed by atoms with van der Waals surface area (Å²) in [5.74, 6) is -1.06. The quantitative estimate of drug-likeness (QED) is 0.325. The van der Waals surface area contributed by atoms with E-state index < -0.39 is 17.8 Å². The number of amides is 1. The van der Waals surface area contributed by atoms with Gasteiger partial charge in [-0.1, -0.05) is 36.2 Å². The van der Waals surface area contributed by atoms with Crippen LogP contribution in [-0.2, 0) is 11.2 Å². The summed E-state index contributed by atoms with van der Waals surface area (Å²) in [5.41, 5.74) is 5.62. The number of benzene rings is 1. The summed E-state index contributed by atoms with van der Waals surface area (Å²) in [6.07, 6.45) is 1.05. The Hall–Kier alpha value is -1.82. The van der Waals surface area contributed by atoms with E-state index in [2.05, 4.69) is 10.5 Å². The average Bonchev–Trinajstić information content (AvgIpc) is 2.41. The number of rotatable bonds is 6. The van der Waals surface area contributed by atoms with E-state index >= 15 is 0 Å². The lowest BCUT2D eigenvalue weighted by molar-refractivity contribution is -0.120. The van der Waals surface area contributed by atoms with Crippen LogP contribution in [0.15, 0.2) is 23.4 Å². The van der Waals surface area contributed by atoms with Gasteiger partial charge in [0.1, 0.15) is 5.82 Å². The van der Waals surface area contributed by atoms with Crippen molar-refractivity contribution >= 4 is 23.3 Å². The zero-order chi connectivity index (χ0) is 15.1. The average molecular weight is 302 g/mol. The van der Waals surface area contributed by atoms with Gasteiger partial charge in [-0.25, -0.2) is 4.39 Å². The number of oxime groups is 1. The van der Waals surface area contributed by atoms with Gasteiger partial charge in [-0.2, -0.15) is 0 Å². The summed E-state index contributed by atoms with van der Waals surface area (Å²) in [5, 5.41) is 14.3. The van der Waals surface area contributed by atoms with Crippen LogP contribution in [0, 0.1) is 5.82 Å². The molecular formula is C13H17ClFN3O2. The fourth-order valence-corrected chi connectivity index (χ4v) is 1.99. The van der Waals surface area contributed by atoms with Crippen molar-refractivity contribution in [3.05, 3.63) is 34.6 Å². The number of nitrogens with zero attached hydrogens (tertiary/aromatic N) is 1. The molecule has 0 aliphatic rings. The highest BCUT2D eigenvalue weighted by Gasteiger charge is 2.18. The summed E-state index contributed by atoms with van der Waals surface area (Å²) >= 11 is 5.85. The molecule has 0 saturated carbocycles. The van der Waals surface area contributed by atoms with Crippen molar-refractivity contribution < 1.29 is 14.4 Å². The highest BCUT2D eigenvalue weighted by atomic mass is 35.5. The maximum absolute atomic E-state index is 13.6. The summed E-state index contributed by atoms with van der Waals surface area (Å²) in [7, 11) is 0. The van der Waals surface area contributed by atoms with Gasteiger partial charge in [-0.05, 0) is 18.6 Å². The molecule has 20 heavy (non-hydrogen) atoms. The lowest BCUT2D eigenvalue weighted by Crippen LogP contribution is -2.45. The van der Waals surface area contributed by atoms with Gasteiger partial charge < -0.3 is 16.3 Å². The molecule has 0 aromatic heterocycles. The first kappa shape index (κ1) is 16.2. The Morgan fingerprint density at radius 3 is 2.85 bits per heavy atom. The fraction of sp³-hybridized carbons (Fsp3) is 0.385. The van der Waals surface area contributed by atoms with Gasteiger partial charge in [-0.3, -0.25) is 4.79 Å². The Labute approximate surface area is 121 Å². The third kappa shape index (κ3) is 4.38. The molecule has 0 saturated heterocycles. The smallest absolute Gasteiger partial charge is 0.225 e. The van der Waals surface area contributed by atoms with E-state index in [0.29, 0.717) is 6.42 Å². The largest absolute Gasteiger partial charge is 0.409 e. The molecule has 0 aliphatic carbocycles. The molecule has 0 fully saturated rings. The number of halogens is 2. The van der Waals surface area contributed by atoms with Gasteiger partial charge in [0, 0.05) is 10.6 Å². The van der Waals surface area contributed by atoms with Crippen LogP contribution in [0.25, 0.3) is 0 Å². The Morgan fingerprint density at radius 2 is 2.30 bits per heavy atom. The molecule has 1 unspecified atom stereocenters. The van der Waals surface area contributed by atoms with Crippen molar-refractivity contribution in [1.29, 1.82) is 0 Å². The van der Waals surface area contributed by atoms with E-state index in [1.807, 2.05) is 6.92 Å². The van der Waals surface area contributed by atoms with Crippen molar-refractivity contribution in [1.82, 2.24) is 5.32 Å². The first-order valence-corrected chi connectivity index (χ1v) is 6.57. The van der Waals surface area contributed by atoms with Crippen molar-refractivity contribution in [2.75, 3.05) is 0 Å². The lowest BCUT2D eigenvalue weighted by atomic mass is 10.1. The molecule has 7 heteroatoms. The molecule has 4 N–H and O–H groups in total. The number of hydrogen-bond acceptors (Lipinski definition) is 3. The summed E-state index contributed by atoms with van der Waals surface area (Å²) < 4.78 is 13.6. The van der Waals surface area contributed by atoms with E-state index in [1.54, 1.807) is 0 Å². The third-order valence-electron chi connectivity index (χ3n) is 2.78. The molecule has 5 nitrogen and oxygen atoms in total. The zero-order valence-corrected chi connectivity index (χ0v) is 11.8. The molecule has 0 aliphatic heterocycles. The second-order valence-electron chi connectivity index (χ2n) is 4.31. The predicted octanol–water partition coefficient (Wildman–Crippen LogP) is 2.05. The van der Waals surface area contributed by atoms with Crippen LogP contribution in [-0.4, -0.2) is 23.0 Å². The van der Waals surface area contributed by atoms with Crippen molar-refractivity contribution in [2.24, 2.45) is 10.9 Å². The van der Waals surface area contributed by atoms with Crippen molar-refractivity contribution in [3.8, 4) is 0 Å². The van der Waals surface area contributed by atoms with Crippen LogP contribution in [0.2, 0.25) is 5.02 Å². The number of nitrogens with two attached hydrogens (primary N) is 1. The van der Waals surface area contributed by atoms with E-state index in [1.165, 1.54) is 18.2 Å². The molecule has 0 bridgehead atoms. The van der Waals surface area contributed by atoms with Crippen molar-refractivity contribution in [3.63, 3.8) is 0 Å². The topological polar surface area (TPSA) is 87.7 Å². The van der Waals surface area contributed by atoms with E-state index in [-0.39, 0.29) is 22.8 Å². The van der Waals surface area contributed by atoms with Crippen LogP contribution < -0.4 is 11.1 Å². The second-order valence-corrected chi connectivity index (χ2v) is 4.72. The maximum atomic E-state index is 13.6. The Bertz CT molecular complexity index is 488. The fourth-order valence-electron chi connectivity index (χ4n) is 1.76. The van der Waals surface area contributed by atoms with Gasteiger partial charge in [0.05, 0.1) is 12.5 Å². The second kappa shape index (κ2) is 7.69. The van der Waals surface area contributed by atoms with E-state index in [0.717, 1.165) is 6.42 Å². The van der Waals surface area contributed by atoms with Gasteiger partial charge in [0.2, 0.25) is 5.91 Å². The minimum absolute atomic E-state index is 0.0835. The number of hydrogen-bond donors (Lipinski definition) is 3. The van der Waals surface area contributed by atoms with Crippen LogP contribution >= 0.6 is 11.6 Å². The SMILES string of the molecule is CCCC(NC(=O)Cc1c(F)cccc1Cl)/C(N)=N/O. The normalized spacial score (nSPS) is 13.1. The molecule has 1 aromatic rings. The Kier molecular flexibility index (Phi) is 6.24. The van der Waals surface area contributed by atoms with Crippen molar-refractivity contribution in [2.45, 2.75) is 32.2 Å². The summed E-state index contributed by atoms with van der Waals surface area (Å²) in [4.78, 5) is 11.9. The minimum atomic E-state index is -0.581. The van der Waals surface area contributed by atoms with E-state index in [4.69, 9.17) is 22.5 Å². The molecule has 0 radical (unpaired) electrons. The third-order valence-corrected chi connectivity index (χ3v) is 3.14. The summed E-state index contributed by atoms with van der Waals surface area (Å²) in [6.45, 7) is 1.90. The molecule has 1 rings (SSSR count). The standard InChI is InChI=1S/C13H17ClFN3O2/c1-2-4-11(13(16)18-20)17-12(19)7-8-9(14)5-3-6-10(8)15/h3,5-6,11,20H,2,4,7H2,1H3,(H2,16,18)(H,17,19). The Balaban J connectivity index is 2.76. The summed E-state index contributed by atoms with van der Waals surface area (Å²) in [6, 6.07) is 3.64. The zero-order valence-electron chi connectivity index (χ0n) is 11.1. The van der Waals surface area contributed by atoms with Crippen LogP contribution in [0.3, 0.4) is 0 Å². The minimum Gasteiger partial charge on any atom is -0.409 e. The Morgan fingerprint density at radius 1 is 1.60 bits per heavy atom. The first-order valence-electron chi connectivity index (χ1n) is 6.19. The molecule has 0 spiro atoms. The molecule has 1 aromatic carbocycles. The lowest BCUT2D eigenvalue weighted by Gasteiger charge is -2.16. The van der Waals surface area contributed by atoms with Gasteiger partial charge in [-0.15, -0.1) is 0 Å². The van der Waals surface area contributed by atoms with Crippen LogP contribution in [0.4, 0.5) is 4.39 Å². The highest BCUT2D eigenvalue weighted by molar-refractivity contribution is 6.31. The van der Waals surface area contributed by atoms with Crippen LogP contribution in [0.1, 0.15) is 25.3 Å². The molecule has 1 amide bonds. The number of carbonyl (C=O) groups is 1. The monoisotopic (exact) mass is 301 g/mol. The van der Waals surface area contributed by atoms with E-state index in [9.17, 15) is 9.18 Å². The molecular weight excluding hydrogens is 285 g/mol. The number of amidine groups is 1.